The van der Waals surface area contributed by atoms with E-state index in [1.54, 1.807) is 0 Å². The molecule has 92 valence electrons. The van der Waals surface area contributed by atoms with Gasteiger partial charge in [-0.25, -0.2) is 0 Å². The van der Waals surface area contributed by atoms with Gasteiger partial charge in [0.2, 0.25) is 0 Å². The fourth-order valence-electron chi connectivity index (χ4n) is 2.27. The molecule has 0 aliphatic carbocycles. The van der Waals surface area contributed by atoms with Gasteiger partial charge in [-0.05, 0) is 26.8 Å². The zero-order valence-corrected chi connectivity index (χ0v) is 10.4. The molecule has 0 radical (unpaired) electrons. The van der Waals surface area contributed by atoms with Crippen molar-refractivity contribution in [3.05, 3.63) is 0 Å². The van der Waals surface area contributed by atoms with Gasteiger partial charge in [0.15, 0.2) is 0 Å². The molecule has 1 aliphatic heterocycles. The maximum Gasteiger partial charge on any atom is 0.0639 e. The predicted octanol–water partition coefficient (Wildman–Crippen LogP) is 0.677. The van der Waals surface area contributed by atoms with E-state index < -0.39 is 0 Å². The second-order valence-corrected chi connectivity index (χ2v) is 4.76. The summed E-state index contributed by atoms with van der Waals surface area (Å²) in [6, 6.07) is 2.69. The Bertz CT molecular complexity index is 237. The lowest BCUT2D eigenvalue weighted by Crippen LogP contribution is -2.53. The van der Waals surface area contributed by atoms with Gasteiger partial charge in [-0.15, -0.1) is 0 Å². The highest BCUT2D eigenvalue weighted by Gasteiger charge is 2.23. The molecule has 0 saturated carbocycles. The molecule has 0 aromatic rings. The maximum absolute atomic E-state index is 9.37. The quantitative estimate of drug-likeness (QED) is 0.699. The number of hydrogen-bond acceptors (Lipinski definition) is 4. The Kier molecular flexibility index (Phi) is 5.75. The average molecular weight is 225 g/mol. The molecule has 0 spiro atoms. The lowest BCUT2D eigenvalue weighted by molar-refractivity contribution is 0.0449. The topological polar surface area (TPSA) is 50.5 Å². The Labute approximate surface area is 98.5 Å². The van der Waals surface area contributed by atoms with E-state index in [0.717, 1.165) is 39.1 Å². The number of unbranched alkanes of at least 4 members (excludes halogenated alkanes) is 1. The Hall–Kier alpha value is -0.630. The third kappa shape index (κ3) is 4.48. The van der Waals surface area contributed by atoms with Crippen LogP contribution >= 0.6 is 0 Å². The first-order chi connectivity index (χ1) is 7.63. The Morgan fingerprint density at radius 3 is 2.81 bits per heavy atom. The molecule has 4 nitrogen and oxygen atoms in total. The highest BCUT2D eigenvalue weighted by Crippen LogP contribution is 2.10. The smallest absolute Gasteiger partial charge is 0.0639 e. The molecule has 1 fully saturated rings. The van der Waals surface area contributed by atoms with E-state index in [1.165, 1.54) is 0 Å². The number of nitriles is 1. The molecule has 1 N–H and O–H groups in total. The van der Waals surface area contributed by atoms with E-state index in [0.29, 0.717) is 12.5 Å². The number of β-amino-alcohol motifs (C(OH)–C–C–N with tert-alkyl or cyclic N) is 1. The molecule has 0 unspecified atom stereocenters. The second-order valence-electron chi connectivity index (χ2n) is 4.76. The van der Waals surface area contributed by atoms with Crippen LogP contribution in [0, 0.1) is 11.3 Å². The van der Waals surface area contributed by atoms with Crippen LogP contribution in [0.4, 0.5) is 0 Å². The highest BCUT2D eigenvalue weighted by molar-refractivity contribution is 4.80. The molecule has 2 atom stereocenters. The second kappa shape index (κ2) is 6.85. The molecular weight excluding hydrogens is 202 g/mol. The van der Waals surface area contributed by atoms with Gasteiger partial charge in [-0.3, -0.25) is 4.90 Å². The fourth-order valence-corrected chi connectivity index (χ4v) is 2.27. The van der Waals surface area contributed by atoms with Crippen LogP contribution in [0.5, 0.6) is 0 Å². The van der Waals surface area contributed by atoms with Gasteiger partial charge in [-0.2, -0.15) is 5.26 Å². The minimum Gasteiger partial charge on any atom is -0.392 e. The van der Waals surface area contributed by atoms with Gasteiger partial charge in [0.25, 0.3) is 0 Å². The predicted molar refractivity (Wildman–Crippen MR) is 64.0 cm³/mol. The summed E-state index contributed by atoms with van der Waals surface area (Å²) in [6.07, 6.45) is 1.38. The standard InChI is InChI=1S/C12H23N3O/c1-11-9-14(6-4-3-5-13)7-8-15(11)10-12(2)16/h11-12,16H,3-4,6-10H2,1-2H3/t11-,12-/m0/s1. The SMILES string of the molecule is C[C@H](O)CN1CCN(CCCC#N)C[C@@H]1C. The third-order valence-electron chi connectivity index (χ3n) is 3.11. The molecule has 1 rings (SSSR count). The summed E-state index contributed by atoms with van der Waals surface area (Å²) in [5.74, 6) is 0. The minimum atomic E-state index is -0.243. The van der Waals surface area contributed by atoms with Gasteiger partial charge in [0.05, 0.1) is 12.2 Å². The van der Waals surface area contributed by atoms with E-state index in [9.17, 15) is 5.11 Å². The number of rotatable bonds is 5. The molecule has 0 aromatic carbocycles. The van der Waals surface area contributed by atoms with E-state index in [-0.39, 0.29) is 6.10 Å². The molecule has 0 amide bonds. The van der Waals surface area contributed by atoms with Crippen LogP contribution in [-0.4, -0.2) is 59.8 Å². The van der Waals surface area contributed by atoms with Crippen molar-refractivity contribution in [2.24, 2.45) is 0 Å². The van der Waals surface area contributed by atoms with Gasteiger partial charge in [-0.1, -0.05) is 0 Å². The molecule has 1 saturated heterocycles. The van der Waals surface area contributed by atoms with Gasteiger partial charge < -0.3 is 10.0 Å². The molecule has 0 aromatic heterocycles. The largest absolute Gasteiger partial charge is 0.392 e. The Morgan fingerprint density at radius 2 is 2.25 bits per heavy atom. The number of aliphatic hydroxyl groups is 1. The summed E-state index contributed by atoms with van der Waals surface area (Å²) in [6.45, 7) is 8.98. The van der Waals surface area contributed by atoms with Crippen LogP contribution in [0.1, 0.15) is 26.7 Å². The zero-order valence-electron chi connectivity index (χ0n) is 10.4. The van der Waals surface area contributed by atoms with Crippen LogP contribution in [0.3, 0.4) is 0 Å². The van der Waals surface area contributed by atoms with Crippen molar-refractivity contribution in [2.75, 3.05) is 32.7 Å². The first-order valence-corrected chi connectivity index (χ1v) is 6.15. The van der Waals surface area contributed by atoms with Crippen LogP contribution in [0.2, 0.25) is 0 Å². The minimum absolute atomic E-state index is 0.243. The van der Waals surface area contributed by atoms with Gasteiger partial charge in [0, 0.05) is 38.6 Å². The first kappa shape index (κ1) is 13.4. The van der Waals surface area contributed by atoms with E-state index in [4.69, 9.17) is 5.26 Å². The highest BCUT2D eigenvalue weighted by atomic mass is 16.3. The van der Waals surface area contributed by atoms with Crippen molar-refractivity contribution in [3.63, 3.8) is 0 Å². The monoisotopic (exact) mass is 225 g/mol. The number of nitrogens with zero attached hydrogens (tertiary/aromatic N) is 3. The number of piperazine rings is 1. The maximum atomic E-state index is 9.37. The van der Waals surface area contributed by atoms with Gasteiger partial charge >= 0.3 is 0 Å². The van der Waals surface area contributed by atoms with Crippen LogP contribution in [0.15, 0.2) is 0 Å². The van der Waals surface area contributed by atoms with Crippen molar-refractivity contribution < 1.29 is 5.11 Å². The fraction of sp³-hybridized carbons (Fsp3) is 0.917. The Balaban J connectivity index is 2.25. The van der Waals surface area contributed by atoms with Crippen molar-refractivity contribution >= 4 is 0 Å². The summed E-state index contributed by atoms with van der Waals surface area (Å²) >= 11 is 0. The van der Waals surface area contributed by atoms with Crippen molar-refractivity contribution in [1.29, 1.82) is 5.26 Å². The van der Waals surface area contributed by atoms with Gasteiger partial charge in [0.1, 0.15) is 0 Å². The molecule has 4 heteroatoms. The summed E-state index contributed by atoms with van der Waals surface area (Å²) in [4.78, 5) is 4.76. The Morgan fingerprint density at radius 1 is 1.50 bits per heavy atom. The summed E-state index contributed by atoms with van der Waals surface area (Å²) in [7, 11) is 0. The van der Waals surface area contributed by atoms with Crippen LogP contribution in [0.25, 0.3) is 0 Å². The zero-order chi connectivity index (χ0) is 12.0. The molecular formula is C12H23N3O. The van der Waals surface area contributed by atoms with E-state index in [2.05, 4.69) is 22.8 Å². The lowest BCUT2D eigenvalue weighted by Gasteiger charge is -2.40. The lowest BCUT2D eigenvalue weighted by atomic mass is 10.1. The van der Waals surface area contributed by atoms with E-state index in [1.807, 2.05) is 6.92 Å². The number of aliphatic hydroxyl groups excluding tert-OH is 1. The molecule has 1 aliphatic rings. The van der Waals surface area contributed by atoms with Crippen LogP contribution < -0.4 is 0 Å². The van der Waals surface area contributed by atoms with Crippen molar-refractivity contribution in [3.8, 4) is 6.07 Å². The summed E-state index contributed by atoms with van der Waals surface area (Å²) in [5.41, 5.74) is 0. The van der Waals surface area contributed by atoms with Crippen molar-refractivity contribution in [1.82, 2.24) is 9.80 Å². The molecule has 0 bridgehead atoms. The molecule has 16 heavy (non-hydrogen) atoms. The summed E-state index contributed by atoms with van der Waals surface area (Å²) < 4.78 is 0. The number of hydrogen-bond donors (Lipinski definition) is 1. The summed E-state index contributed by atoms with van der Waals surface area (Å²) in [5, 5.41) is 17.9. The normalized spacial score (nSPS) is 25.2. The van der Waals surface area contributed by atoms with E-state index >= 15 is 0 Å². The molecule has 1 heterocycles. The van der Waals surface area contributed by atoms with Crippen molar-refractivity contribution in [2.45, 2.75) is 38.8 Å². The first-order valence-electron chi connectivity index (χ1n) is 6.15. The average Bonchev–Trinajstić information content (AvgIpc) is 2.22. The third-order valence-corrected chi connectivity index (χ3v) is 3.11. The van der Waals surface area contributed by atoms with Crippen LogP contribution in [-0.2, 0) is 0 Å².